The maximum Gasteiger partial charge on any atom is 0.326 e. The lowest BCUT2D eigenvalue weighted by Crippen LogP contribution is -2.45. The summed E-state index contributed by atoms with van der Waals surface area (Å²) in [5.41, 5.74) is 1.14. The molecule has 3 heterocycles. The van der Waals surface area contributed by atoms with E-state index in [1.54, 1.807) is 48.7 Å². The SMILES string of the molecule is CCOC(=O)CNc1c(-c2ccco2)nc2cc(C(=O)NC(C(=O)O)C(C)CC)ccn12. The molecule has 32 heavy (non-hydrogen) atoms. The second-order valence-corrected chi connectivity index (χ2v) is 7.26. The van der Waals surface area contributed by atoms with Gasteiger partial charge in [0.05, 0.1) is 12.9 Å². The molecule has 0 saturated heterocycles. The third kappa shape index (κ3) is 4.90. The van der Waals surface area contributed by atoms with Crippen LogP contribution in [0.25, 0.3) is 17.1 Å². The molecule has 3 rings (SSSR count). The Labute approximate surface area is 184 Å². The number of esters is 1. The second-order valence-electron chi connectivity index (χ2n) is 7.26. The first-order chi connectivity index (χ1) is 15.3. The van der Waals surface area contributed by atoms with Crippen LogP contribution in [-0.2, 0) is 14.3 Å². The summed E-state index contributed by atoms with van der Waals surface area (Å²) >= 11 is 0. The van der Waals surface area contributed by atoms with Crippen molar-refractivity contribution < 1.29 is 28.6 Å². The summed E-state index contributed by atoms with van der Waals surface area (Å²) in [5, 5.41) is 15.0. The molecule has 0 aliphatic rings. The molecule has 0 fully saturated rings. The van der Waals surface area contributed by atoms with Gasteiger partial charge in [0.15, 0.2) is 5.76 Å². The zero-order valence-corrected chi connectivity index (χ0v) is 18.1. The van der Waals surface area contributed by atoms with Gasteiger partial charge < -0.3 is 24.9 Å². The molecule has 0 aliphatic heterocycles. The summed E-state index contributed by atoms with van der Waals surface area (Å²) in [7, 11) is 0. The van der Waals surface area contributed by atoms with Gasteiger partial charge in [-0.2, -0.15) is 0 Å². The van der Waals surface area contributed by atoms with Crippen LogP contribution in [-0.4, -0.2) is 51.5 Å². The lowest BCUT2D eigenvalue weighted by molar-refractivity contribution is -0.141. The van der Waals surface area contributed by atoms with Crippen molar-refractivity contribution in [2.24, 2.45) is 5.92 Å². The predicted octanol–water partition coefficient (Wildman–Crippen LogP) is 2.80. The van der Waals surface area contributed by atoms with Gasteiger partial charge in [0.1, 0.15) is 29.7 Å². The summed E-state index contributed by atoms with van der Waals surface area (Å²) in [6, 6.07) is 5.56. The number of carboxylic acid groups (broad SMARTS) is 1. The number of rotatable bonds is 10. The van der Waals surface area contributed by atoms with E-state index in [4.69, 9.17) is 9.15 Å². The van der Waals surface area contributed by atoms with Crippen LogP contribution in [0.15, 0.2) is 41.1 Å². The fourth-order valence-electron chi connectivity index (χ4n) is 3.22. The first-order valence-electron chi connectivity index (χ1n) is 10.3. The quantitative estimate of drug-likeness (QED) is 0.408. The van der Waals surface area contributed by atoms with Crippen LogP contribution in [0.4, 0.5) is 5.82 Å². The Morgan fingerprint density at radius 1 is 1.28 bits per heavy atom. The average Bonchev–Trinajstić information content (AvgIpc) is 3.42. The van der Waals surface area contributed by atoms with E-state index < -0.39 is 23.9 Å². The number of imidazole rings is 1. The molecule has 0 aliphatic carbocycles. The lowest BCUT2D eigenvalue weighted by atomic mass is 9.99. The zero-order valence-electron chi connectivity index (χ0n) is 18.1. The summed E-state index contributed by atoms with van der Waals surface area (Å²) in [5.74, 6) is -1.26. The Hall–Kier alpha value is -3.82. The van der Waals surface area contributed by atoms with Gasteiger partial charge in [0.25, 0.3) is 5.91 Å². The molecular weight excluding hydrogens is 416 g/mol. The number of aromatic nitrogens is 2. The first kappa shape index (κ1) is 22.9. The number of aliphatic carboxylic acids is 1. The van der Waals surface area contributed by atoms with Crippen LogP contribution in [0.2, 0.25) is 0 Å². The minimum Gasteiger partial charge on any atom is -0.480 e. The Bertz CT molecular complexity index is 1110. The van der Waals surface area contributed by atoms with Crippen molar-refractivity contribution in [3.8, 4) is 11.5 Å². The lowest BCUT2D eigenvalue weighted by Gasteiger charge is -2.20. The number of furan rings is 1. The number of hydrogen-bond acceptors (Lipinski definition) is 7. The average molecular weight is 442 g/mol. The van der Waals surface area contributed by atoms with Gasteiger partial charge >= 0.3 is 11.9 Å². The van der Waals surface area contributed by atoms with E-state index in [0.717, 1.165) is 0 Å². The Kier molecular flexibility index (Phi) is 7.14. The highest BCUT2D eigenvalue weighted by Gasteiger charge is 2.26. The zero-order chi connectivity index (χ0) is 23.3. The summed E-state index contributed by atoms with van der Waals surface area (Å²) in [6.07, 6.45) is 3.74. The van der Waals surface area contributed by atoms with E-state index in [1.165, 1.54) is 6.26 Å². The van der Waals surface area contributed by atoms with Crippen molar-refractivity contribution >= 4 is 29.3 Å². The standard InChI is InChI=1S/C22H26N4O6/c1-4-13(3)18(22(29)30)25-21(28)14-8-9-26-16(11-14)24-19(15-7-6-10-32-15)20(26)23-12-17(27)31-5-2/h6-11,13,18,23H,4-5,12H2,1-3H3,(H,25,28)(H,29,30). The number of amides is 1. The van der Waals surface area contributed by atoms with Gasteiger partial charge in [-0.25, -0.2) is 9.78 Å². The van der Waals surface area contributed by atoms with E-state index in [9.17, 15) is 19.5 Å². The molecule has 0 saturated carbocycles. The van der Waals surface area contributed by atoms with Crippen molar-refractivity contribution in [2.75, 3.05) is 18.5 Å². The number of carbonyl (C=O) groups excluding carboxylic acids is 2. The number of carbonyl (C=O) groups is 3. The molecule has 0 bridgehead atoms. The van der Waals surface area contributed by atoms with Crippen LogP contribution in [0.1, 0.15) is 37.6 Å². The number of nitrogens with one attached hydrogen (secondary N) is 2. The van der Waals surface area contributed by atoms with Gasteiger partial charge in [-0.1, -0.05) is 20.3 Å². The fraction of sp³-hybridized carbons (Fsp3) is 0.364. The normalized spacial score (nSPS) is 12.8. The third-order valence-corrected chi connectivity index (χ3v) is 5.11. The summed E-state index contributed by atoms with van der Waals surface area (Å²) in [4.78, 5) is 40.6. The molecule has 10 nitrogen and oxygen atoms in total. The molecule has 0 radical (unpaired) electrons. The number of fused-ring (bicyclic) bond motifs is 1. The topological polar surface area (TPSA) is 135 Å². The maximum absolute atomic E-state index is 12.7. The Morgan fingerprint density at radius 2 is 2.06 bits per heavy atom. The number of hydrogen-bond donors (Lipinski definition) is 3. The van der Waals surface area contributed by atoms with E-state index >= 15 is 0 Å². The molecule has 0 aromatic carbocycles. The van der Waals surface area contributed by atoms with Crippen LogP contribution in [0, 0.1) is 5.92 Å². The molecule has 10 heteroatoms. The van der Waals surface area contributed by atoms with Crippen molar-refractivity contribution in [1.29, 1.82) is 0 Å². The van der Waals surface area contributed by atoms with Crippen LogP contribution < -0.4 is 10.6 Å². The molecule has 2 unspecified atom stereocenters. The van der Waals surface area contributed by atoms with E-state index in [1.807, 2.05) is 6.92 Å². The van der Waals surface area contributed by atoms with Crippen molar-refractivity contribution in [3.63, 3.8) is 0 Å². The highest BCUT2D eigenvalue weighted by molar-refractivity contribution is 5.97. The summed E-state index contributed by atoms with van der Waals surface area (Å²) < 4.78 is 12.1. The molecule has 3 aromatic rings. The Morgan fingerprint density at radius 3 is 2.69 bits per heavy atom. The molecule has 2 atom stereocenters. The molecule has 170 valence electrons. The van der Waals surface area contributed by atoms with E-state index in [-0.39, 0.29) is 24.6 Å². The maximum atomic E-state index is 12.7. The first-order valence-corrected chi connectivity index (χ1v) is 10.3. The van der Waals surface area contributed by atoms with Crippen LogP contribution in [0.3, 0.4) is 0 Å². The predicted molar refractivity (Wildman–Crippen MR) is 116 cm³/mol. The summed E-state index contributed by atoms with van der Waals surface area (Å²) in [6.45, 7) is 5.55. The van der Waals surface area contributed by atoms with Gasteiger partial charge in [-0.05, 0) is 37.1 Å². The number of nitrogens with zero attached hydrogens (tertiary/aromatic N) is 2. The van der Waals surface area contributed by atoms with Crippen molar-refractivity contribution in [3.05, 3.63) is 42.3 Å². The van der Waals surface area contributed by atoms with Crippen LogP contribution in [0.5, 0.6) is 0 Å². The molecule has 3 aromatic heterocycles. The minimum absolute atomic E-state index is 0.0766. The van der Waals surface area contributed by atoms with Gasteiger partial charge in [0.2, 0.25) is 0 Å². The van der Waals surface area contributed by atoms with Crippen LogP contribution >= 0.6 is 0 Å². The number of carboxylic acids is 1. The molecular formula is C22H26N4O6. The van der Waals surface area contributed by atoms with Crippen molar-refractivity contribution in [2.45, 2.75) is 33.2 Å². The van der Waals surface area contributed by atoms with E-state index in [2.05, 4.69) is 15.6 Å². The van der Waals surface area contributed by atoms with Gasteiger partial charge in [0, 0.05) is 11.8 Å². The minimum atomic E-state index is -1.08. The third-order valence-electron chi connectivity index (χ3n) is 5.11. The largest absolute Gasteiger partial charge is 0.480 e. The molecule has 1 amide bonds. The number of ether oxygens (including phenoxy) is 1. The Balaban J connectivity index is 1.93. The van der Waals surface area contributed by atoms with Gasteiger partial charge in [-0.15, -0.1) is 0 Å². The van der Waals surface area contributed by atoms with E-state index in [0.29, 0.717) is 29.3 Å². The molecule has 0 spiro atoms. The molecule has 3 N–H and O–H groups in total. The van der Waals surface area contributed by atoms with Gasteiger partial charge in [-0.3, -0.25) is 14.0 Å². The second kappa shape index (κ2) is 9.99. The smallest absolute Gasteiger partial charge is 0.326 e. The highest BCUT2D eigenvalue weighted by atomic mass is 16.5. The number of anilines is 1. The fourth-order valence-corrected chi connectivity index (χ4v) is 3.22. The number of pyridine rings is 1. The van der Waals surface area contributed by atoms with Crippen molar-refractivity contribution in [1.82, 2.24) is 14.7 Å². The monoisotopic (exact) mass is 442 g/mol. The highest BCUT2D eigenvalue weighted by Crippen LogP contribution is 2.29.